The Morgan fingerprint density at radius 2 is 2.11 bits per heavy atom. The molecule has 2 saturated heterocycles. The average molecular weight is 255 g/mol. The number of likely N-dealkylation sites (tertiary alicyclic amines) is 1. The van der Waals surface area contributed by atoms with Crippen molar-refractivity contribution in [2.75, 3.05) is 39.3 Å². The number of nitrogens with one attached hydrogen (secondary N) is 1. The van der Waals surface area contributed by atoms with E-state index in [9.17, 15) is 4.79 Å². The second kappa shape index (κ2) is 6.50. The molecule has 0 aromatic rings. The molecule has 104 valence electrons. The Morgan fingerprint density at radius 1 is 1.39 bits per heavy atom. The first kappa shape index (κ1) is 13.8. The predicted molar refractivity (Wildman–Crippen MR) is 70.3 cm³/mol. The van der Waals surface area contributed by atoms with Gasteiger partial charge in [0, 0.05) is 45.4 Å². The SMILES string of the molecule is CC(C(=O)N1CCCC1CCO)N1CCNCC1. The van der Waals surface area contributed by atoms with Crippen molar-refractivity contribution in [3.05, 3.63) is 0 Å². The highest BCUT2D eigenvalue weighted by molar-refractivity contribution is 5.82. The fourth-order valence-corrected chi connectivity index (χ4v) is 3.04. The molecule has 5 heteroatoms. The van der Waals surface area contributed by atoms with E-state index in [1.807, 2.05) is 11.8 Å². The molecule has 2 N–H and O–H groups in total. The third kappa shape index (κ3) is 3.02. The van der Waals surface area contributed by atoms with E-state index in [0.29, 0.717) is 0 Å². The van der Waals surface area contributed by atoms with Crippen LogP contribution in [0, 0.1) is 0 Å². The van der Waals surface area contributed by atoms with Gasteiger partial charge >= 0.3 is 0 Å². The standard InChI is InChI=1S/C13H25N3O2/c1-11(15-8-5-14-6-9-15)13(18)16-7-2-3-12(16)4-10-17/h11-12,14,17H,2-10H2,1H3. The van der Waals surface area contributed by atoms with Gasteiger partial charge in [-0.05, 0) is 26.2 Å². The van der Waals surface area contributed by atoms with Gasteiger partial charge in [-0.1, -0.05) is 0 Å². The summed E-state index contributed by atoms with van der Waals surface area (Å²) in [5, 5.41) is 12.4. The zero-order valence-corrected chi connectivity index (χ0v) is 11.3. The van der Waals surface area contributed by atoms with E-state index < -0.39 is 0 Å². The molecule has 0 aliphatic carbocycles. The number of aliphatic hydroxyl groups excluding tert-OH is 1. The monoisotopic (exact) mass is 255 g/mol. The number of piperazine rings is 1. The van der Waals surface area contributed by atoms with Crippen LogP contribution >= 0.6 is 0 Å². The van der Waals surface area contributed by atoms with Gasteiger partial charge in [0.05, 0.1) is 6.04 Å². The lowest BCUT2D eigenvalue weighted by Crippen LogP contribution is -2.54. The van der Waals surface area contributed by atoms with Gasteiger partial charge in [-0.25, -0.2) is 0 Å². The first-order chi connectivity index (χ1) is 8.74. The molecule has 0 aromatic heterocycles. The molecule has 5 nitrogen and oxygen atoms in total. The van der Waals surface area contributed by atoms with E-state index in [2.05, 4.69) is 10.2 Å². The fraction of sp³-hybridized carbons (Fsp3) is 0.923. The Balaban J connectivity index is 1.92. The second-order valence-electron chi connectivity index (χ2n) is 5.30. The lowest BCUT2D eigenvalue weighted by molar-refractivity contribution is -0.137. The van der Waals surface area contributed by atoms with E-state index >= 15 is 0 Å². The Bertz CT molecular complexity index is 279. The molecule has 18 heavy (non-hydrogen) atoms. The van der Waals surface area contributed by atoms with Crippen molar-refractivity contribution in [1.82, 2.24) is 15.1 Å². The molecule has 1 amide bonds. The molecular weight excluding hydrogens is 230 g/mol. The first-order valence-electron chi connectivity index (χ1n) is 7.10. The summed E-state index contributed by atoms with van der Waals surface area (Å²) in [6, 6.07) is 0.235. The molecule has 2 unspecified atom stereocenters. The third-order valence-corrected chi connectivity index (χ3v) is 4.18. The van der Waals surface area contributed by atoms with E-state index in [0.717, 1.165) is 52.0 Å². The molecule has 0 saturated carbocycles. The summed E-state index contributed by atoms with van der Waals surface area (Å²) < 4.78 is 0. The van der Waals surface area contributed by atoms with Crippen LogP contribution in [-0.2, 0) is 4.79 Å². The van der Waals surface area contributed by atoms with Crippen molar-refractivity contribution >= 4 is 5.91 Å². The number of aliphatic hydroxyl groups is 1. The summed E-state index contributed by atoms with van der Waals surface area (Å²) in [5.74, 6) is 0.243. The van der Waals surface area contributed by atoms with Crippen molar-refractivity contribution in [3.63, 3.8) is 0 Å². The fourth-order valence-electron chi connectivity index (χ4n) is 3.04. The minimum atomic E-state index is -0.0219. The highest BCUT2D eigenvalue weighted by Gasteiger charge is 2.33. The van der Waals surface area contributed by atoms with Gasteiger partial charge in [-0.15, -0.1) is 0 Å². The van der Waals surface area contributed by atoms with Crippen LogP contribution < -0.4 is 5.32 Å². The van der Waals surface area contributed by atoms with E-state index in [1.54, 1.807) is 0 Å². The topological polar surface area (TPSA) is 55.8 Å². The van der Waals surface area contributed by atoms with Crippen molar-refractivity contribution in [1.29, 1.82) is 0 Å². The maximum absolute atomic E-state index is 12.5. The number of hydrogen-bond acceptors (Lipinski definition) is 4. The molecule has 2 rings (SSSR count). The van der Waals surface area contributed by atoms with Crippen molar-refractivity contribution in [2.24, 2.45) is 0 Å². The highest BCUT2D eigenvalue weighted by atomic mass is 16.3. The van der Waals surface area contributed by atoms with Crippen LogP contribution in [0.25, 0.3) is 0 Å². The Kier molecular flexibility index (Phi) is 4.97. The third-order valence-electron chi connectivity index (χ3n) is 4.18. The van der Waals surface area contributed by atoms with Crippen LogP contribution in [0.4, 0.5) is 0 Å². The zero-order valence-electron chi connectivity index (χ0n) is 11.3. The highest BCUT2D eigenvalue weighted by Crippen LogP contribution is 2.21. The Labute approximate surface area is 109 Å². The minimum Gasteiger partial charge on any atom is -0.396 e. The van der Waals surface area contributed by atoms with Crippen LogP contribution in [0.5, 0.6) is 0 Å². The number of rotatable bonds is 4. The molecule has 0 aromatic carbocycles. The molecule has 2 fully saturated rings. The normalized spacial score (nSPS) is 27.4. The Hall–Kier alpha value is -0.650. The molecule has 0 bridgehead atoms. The number of carbonyl (C=O) groups is 1. The summed E-state index contributed by atoms with van der Waals surface area (Å²) >= 11 is 0. The average Bonchev–Trinajstić information content (AvgIpc) is 2.87. The second-order valence-corrected chi connectivity index (χ2v) is 5.30. The predicted octanol–water partition coefficient (Wildman–Crippen LogP) is -0.346. The van der Waals surface area contributed by atoms with E-state index in [4.69, 9.17) is 5.11 Å². The number of nitrogens with zero attached hydrogens (tertiary/aromatic N) is 2. The smallest absolute Gasteiger partial charge is 0.239 e. The van der Waals surface area contributed by atoms with Gasteiger partial charge in [-0.2, -0.15) is 0 Å². The van der Waals surface area contributed by atoms with Crippen molar-refractivity contribution in [3.8, 4) is 0 Å². The summed E-state index contributed by atoms with van der Waals surface area (Å²) in [6.45, 7) is 6.89. The minimum absolute atomic E-state index is 0.0219. The molecule has 2 aliphatic heterocycles. The van der Waals surface area contributed by atoms with Gasteiger partial charge < -0.3 is 15.3 Å². The quantitative estimate of drug-likeness (QED) is 0.721. The maximum Gasteiger partial charge on any atom is 0.239 e. The molecular formula is C13H25N3O2. The van der Waals surface area contributed by atoms with Crippen LogP contribution in [0.3, 0.4) is 0 Å². The largest absolute Gasteiger partial charge is 0.396 e. The number of carbonyl (C=O) groups excluding carboxylic acids is 1. The lowest BCUT2D eigenvalue weighted by Gasteiger charge is -2.35. The molecule has 2 aliphatic rings. The number of amides is 1. The lowest BCUT2D eigenvalue weighted by atomic mass is 10.1. The summed E-state index contributed by atoms with van der Waals surface area (Å²) in [7, 11) is 0. The van der Waals surface area contributed by atoms with Crippen LogP contribution in [0.15, 0.2) is 0 Å². The van der Waals surface area contributed by atoms with Gasteiger partial charge in [-0.3, -0.25) is 9.69 Å². The maximum atomic E-state index is 12.5. The van der Waals surface area contributed by atoms with Crippen molar-refractivity contribution < 1.29 is 9.90 Å². The molecule has 0 spiro atoms. The summed E-state index contributed by atoms with van der Waals surface area (Å²) in [4.78, 5) is 16.8. The molecule has 2 atom stereocenters. The van der Waals surface area contributed by atoms with E-state index in [-0.39, 0.29) is 24.6 Å². The van der Waals surface area contributed by atoms with Gasteiger partial charge in [0.25, 0.3) is 0 Å². The van der Waals surface area contributed by atoms with Gasteiger partial charge in [0.15, 0.2) is 0 Å². The summed E-state index contributed by atoms with van der Waals surface area (Å²) in [5.41, 5.74) is 0. The van der Waals surface area contributed by atoms with Crippen LogP contribution in [0.1, 0.15) is 26.2 Å². The van der Waals surface area contributed by atoms with Crippen LogP contribution in [0.2, 0.25) is 0 Å². The van der Waals surface area contributed by atoms with Gasteiger partial charge in [0.2, 0.25) is 5.91 Å². The van der Waals surface area contributed by atoms with Crippen molar-refractivity contribution in [2.45, 2.75) is 38.3 Å². The summed E-state index contributed by atoms with van der Waals surface area (Å²) in [6.07, 6.45) is 2.84. The van der Waals surface area contributed by atoms with E-state index in [1.165, 1.54) is 0 Å². The first-order valence-corrected chi connectivity index (χ1v) is 7.10. The molecule has 2 heterocycles. The van der Waals surface area contributed by atoms with Crippen LogP contribution in [-0.4, -0.2) is 72.2 Å². The Morgan fingerprint density at radius 3 is 2.78 bits per heavy atom. The number of hydrogen-bond donors (Lipinski definition) is 2. The molecule has 0 radical (unpaired) electrons. The van der Waals surface area contributed by atoms with Gasteiger partial charge in [0.1, 0.15) is 0 Å². The zero-order chi connectivity index (χ0) is 13.0.